The van der Waals surface area contributed by atoms with Crippen molar-refractivity contribution >= 4 is 58.7 Å². The lowest BCUT2D eigenvalue weighted by Gasteiger charge is -2.20. The number of non-ortho nitro benzene ring substituents is 1. The molecule has 0 aromatic heterocycles. The molecule has 0 aliphatic rings. The molecule has 0 aliphatic heterocycles. The monoisotopic (exact) mass is 553 g/mol. The molecule has 38 heavy (non-hydrogen) atoms. The van der Waals surface area contributed by atoms with Gasteiger partial charge in [0.2, 0.25) is 0 Å². The van der Waals surface area contributed by atoms with Gasteiger partial charge in [-0.25, -0.2) is 5.43 Å². The number of amides is 2. The van der Waals surface area contributed by atoms with Gasteiger partial charge in [-0.1, -0.05) is 41.4 Å². The van der Waals surface area contributed by atoms with Gasteiger partial charge >= 0.3 is 0 Å². The maximum atomic E-state index is 13.0. The number of hydrazone groups is 1. The molecule has 0 heterocycles. The maximum Gasteiger partial charge on any atom is 0.287 e. The van der Waals surface area contributed by atoms with Gasteiger partial charge in [0.25, 0.3) is 17.5 Å². The van der Waals surface area contributed by atoms with Crippen molar-refractivity contribution in [2.45, 2.75) is 13.8 Å². The molecule has 3 aromatic rings. The normalized spacial score (nSPS) is 11.3. The molecule has 11 heteroatoms. The zero-order valence-corrected chi connectivity index (χ0v) is 22.2. The molecule has 3 rings (SSSR count). The first-order valence-electron chi connectivity index (χ1n) is 11.6. The smallest absolute Gasteiger partial charge is 0.287 e. The molecule has 2 amide bonds. The SMILES string of the molecule is CCN(CC)c1ccc(/C=C(/NC(=O)c2ccc([N+](=O)[O-])cc2)C(=O)N/N=C/c2ccc(Cl)cc2Cl)cc1. The van der Waals surface area contributed by atoms with Crippen molar-refractivity contribution in [1.29, 1.82) is 0 Å². The van der Waals surface area contributed by atoms with Gasteiger partial charge in [-0.15, -0.1) is 0 Å². The highest BCUT2D eigenvalue weighted by Crippen LogP contribution is 2.20. The lowest BCUT2D eigenvalue weighted by molar-refractivity contribution is -0.384. The van der Waals surface area contributed by atoms with Crippen LogP contribution >= 0.6 is 23.2 Å². The summed E-state index contributed by atoms with van der Waals surface area (Å²) in [6.07, 6.45) is 2.86. The van der Waals surface area contributed by atoms with E-state index in [-0.39, 0.29) is 16.9 Å². The first kappa shape index (κ1) is 28.4. The Hall–Kier alpha value is -4.21. The minimum atomic E-state index is -0.686. The number of rotatable bonds is 10. The van der Waals surface area contributed by atoms with Crippen LogP contribution in [-0.2, 0) is 4.79 Å². The average Bonchev–Trinajstić information content (AvgIpc) is 2.91. The van der Waals surface area contributed by atoms with Crippen molar-refractivity contribution in [2.75, 3.05) is 18.0 Å². The van der Waals surface area contributed by atoms with Gasteiger partial charge in [0.1, 0.15) is 5.70 Å². The Morgan fingerprint density at radius 2 is 1.66 bits per heavy atom. The van der Waals surface area contributed by atoms with Crippen molar-refractivity contribution in [2.24, 2.45) is 5.10 Å². The third-order valence-electron chi connectivity index (χ3n) is 5.50. The number of carbonyl (C=O) groups is 2. The molecule has 0 aliphatic carbocycles. The third-order valence-corrected chi connectivity index (χ3v) is 6.06. The second-order valence-corrected chi connectivity index (χ2v) is 8.79. The number of anilines is 1. The molecule has 0 saturated heterocycles. The number of hydrogen-bond acceptors (Lipinski definition) is 6. The summed E-state index contributed by atoms with van der Waals surface area (Å²) in [5, 5.41) is 18.2. The molecule has 3 aromatic carbocycles. The topological polar surface area (TPSA) is 117 Å². The third kappa shape index (κ3) is 7.64. The fraction of sp³-hybridized carbons (Fsp3) is 0.148. The minimum Gasteiger partial charge on any atom is -0.372 e. The number of nitro benzene ring substituents is 1. The van der Waals surface area contributed by atoms with Crippen molar-refractivity contribution < 1.29 is 14.5 Å². The molecule has 0 unspecified atom stereocenters. The Balaban J connectivity index is 1.85. The predicted octanol–water partition coefficient (Wildman–Crippen LogP) is 5.67. The van der Waals surface area contributed by atoms with Crippen LogP contribution in [0.2, 0.25) is 10.0 Å². The summed E-state index contributed by atoms with van der Waals surface area (Å²) < 4.78 is 0. The largest absolute Gasteiger partial charge is 0.372 e. The highest BCUT2D eigenvalue weighted by Gasteiger charge is 2.16. The first-order chi connectivity index (χ1) is 18.2. The summed E-state index contributed by atoms with van der Waals surface area (Å²) in [6.45, 7) is 5.82. The maximum absolute atomic E-state index is 13.0. The van der Waals surface area contributed by atoms with Gasteiger partial charge < -0.3 is 10.2 Å². The van der Waals surface area contributed by atoms with E-state index >= 15 is 0 Å². The molecule has 0 saturated carbocycles. The van der Waals surface area contributed by atoms with Gasteiger partial charge in [-0.2, -0.15) is 5.10 Å². The van der Waals surface area contributed by atoms with E-state index in [1.54, 1.807) is 18.2 Å². The van der Waals surface area contributed by atoms with Crippen molar-refractivity contribution in [3.05, 3.63) is 109 Å². The number of benzene rings is 3. The van der Waals surface area contributed by atoms with E-state index in [0.29, 0.717) is 21.2 Å². The molecule has 0 spiro atoms. The van der Waals surface area contributed by atoms with Crippen LogP contribution in [0.3, 0.4) is 0 Å². The van der Waals surface area contributed by atoms with Gasteiger partial charge in [-0.05, 0) is 61.9 Å². The second-order valence-electron chi connectivity index (χ2n) is 7.94. The molecular formula is C27H25Cl2N5O4. The highest BCUT2D eigenvalue weighted by molar-refractivity contribution is 6.36. The van der Waals surface area contributed by atoms with E-state index in [9.17, 15) is 19.7 Å². The number of nitrogens with one attached hydrogen (secondary N) is 2. The molecule has 9 nitrogen and oxygen atoms in total. The number of hydrogen-bond donors (Lipinski definition) is 2. The fourth-order valence-electron chi connectivity index (χ4n) is 3.45. The van der Waals surface area contributed by atoms with Crippen LogP contribution in [0.15, 0.2) is 77.5 Å². The molecule has 0 fully saturated rings. The molecule has 196 valence electrons. The first-order valence-corrected chi connectivity index (χ1v) is 12.4. The van der Waals surface area contributed by atoms with Gasteiger partial charge in [0.15, 0.2) is 0 Å². The van der Waals surface area contributed by atoms with Crippen LogP contribution < -0.4 is 15.6 Å². The number of nitro groups is 1. The lowest BCUT2D eigenvalue weighted by atomic mass is 10.1. The van der Waals surface area contributed by atoms with Crippen molar-refractivity contribution in [1.82, 2.24) is 10.7 Å². The molecule has 0 bridgehead atoms. The Morgan fingerprint density at radius 1 is 1.00 bits per heavy atom. The van der Waals surface area contributed by atoms with Crippen LogP contribution in [0.25, 0.3) is 6.08 Å². The van der Waals surface area contributed by atoms with Gasteiger partial charge in [0, 0.05) is 47.1 Å². The number of halogens is 2. The van der Waals surface area contributed by atoms with E-state index in [1.807, 2.05) is 24.3 Å². The summed E-state index contributed by atoms with van der Waals surface area (Å²) in [4.78, 5) is 38.4. The predicted molar refractivity (Wildman–Crippen MR) is 151 cm³/mol. The summed E-state index contributed by atoms with van der Waals surface area (Å²) in [7, 11) is 0. The summed E-state index contributed by atoms with van der Waals surface area (Å²) in [6, 6.07) is 17.4. The van der Waals surface area contributed by atoms with Crippen LogP contribution in [0.4, 0.5) is 11.4 Å². The lowest BCUT2D eigenvalue weighted by Crippen LogP contribution is -2.32. The van der Waals surface area contributed by atoms with Gasteiger partial charge in [-0.3, -0.25) is 19.7 Å². The summed E-state index contributed by atoms with van der Waals surface area (Å²) >= 11 is 12.0. The van der Waals surface area contributed by atoms with E-state index < -0.39 is 16.7 Å². The van der Waals surface area contributed by atoms with Crippen LogP contribution in [0.1, 0.15) is 35.3 Å². The molecule has 2 N–H and O–H groups in total. The Labute approximate surface area is 229 Å². The minimum absolute atomic E-state index is 0.0803. The van der Waals surface area contributed by atoms with E-state index in [4.69, 9.17) is 23.2 Å². The number of carbonyl (C=O) groups excluding carboxylic acids is 2. The Morgan fingerprint density at radius 3 is 2.24 bits per heavy atom. The van der Waals surface area contributed by atoms with Gasteiger partial charge in [0.05, 0.1) is 16.2 Å². The van der Waals surface area contributed by atoms with Crippen LogP contribution in [0.5, 0.6) is 0 Å². The standard InChI is InChI=1S/C27H25Cl2N5O4/c1-3-33(4-2)22-11-5-18(6-12-22)15-25(31-26(35)19-8-13-23(14-9-19)34(37)38)27(36)32-30-17-20-7-10-21(28)16-24(20)29/h5-17H,3-4H2,1-2H3,(H,31,35)(H,32,36)/b25-15+,30-17+. The summed E-state index contributed by atoms with van der Waals surface area (Å²) in [5.74, 6) is -1.31. The molecule has 0 atom stereocenters. The van der Waals surface area contributed by atoms with Crippen molar-refractivity contribution in [3.63, 3.8) is 0 Å². The zero-order valence-electron chi connectivity index (χ0n) is 20.7. The second kappa shape index (κ2) is 13.4. The highest BCUT2D eigenvalue weighted by atomic mass is 35.5. The summed E-state index contributed by atoms with van der Waals surface area (Å²) in [5.41, 5.74) is 4.51. The zero-order chi connectivity index (χ0) is 27.7. The average molecular weight is 554 g/mol. The fourth-order valence-corrected chi connectivity index (χ4v) is 3.91. The van der Waals surface area contributed by atoms with E-state index in [2.05, 4.69) is 34.6 Å². The number of nitrogens with zero attached hydrogens (tertiary/aromatic N) is 3. The molecule has 0 radical (unpaired) electrons. The van der Waals surface area contributed by atoms with Crippen LogP contribution in [-0.4, -0.2) is 36.0 Å². The quantitative estimate of drug-likeness (QED) is 0.145. The molecular weight excluding hydrogens is 529 g/mol. The van der Waals surface area contributed by atoms with E-state index in [1.165, 1.54) is 36.6 Å². The van der Waals surface area contributed by atoms with Crippen molar-refractivity contribution in [3.8, 4) is 0 Å². The Kier molecular flexibility index (Phi) is 9.98. The Bertz CT molecular complexity index is 1370. The van der Waals surface area contributed by atoms with Crippen LogP contribution in [0, 0.1) is 10.1 Å². The van der Waals surface area contributed by atoms with E-state index in [0.717, 1.165) is 18.8 Å².